The number of hydrogen-bond donors (Lipinski definition) is 0. The summed E-state index contributed by atoms with van der Waals surface area (Å²) in [5.41, 5.74) is 2.22. The number of carbonyl (C=O) groups excluding carboxylic acids is 2. The van der Waals surface area contributed by atoms with Crippen LogP contribution in [0.15, 0.2) is 60.7 Å². The highest BCUT2D eigenvalue weighted by molar-refractivity contribution is 5.96. The third-order valence-corrected chi connectivity index (χ3v) is 4.44. The molecule has 24 heavy (non-hydrogen) atoms. The first kappa shape index (κ1) is 16.2. The predicted molar refractivity (Wildman–Crippen MR) is 93.4 cm³/mol. The minimum Gasteiger partial charge on any atom is -0.319 e. The maximum Gasteiger partial charge on any atom is 0.327 e. The van der Waals surface area contributed by atoms with Gasteiger partial charge in [0.25, 0.3) is 0 Å². The molecule has 4 heteroatoms. The molecule has 3 amide bonds. The predicted octanol–water partition coefficient (Wildman–Crippen LogP) is 3.64. The number of rotatable bonds is 5. The van der Waals surface area contributed by atoms with E-state index in [9.17, 15) is 9.59 Å². The number of amides is 3. The van der Waals surface area contributed by atoms with Gasteiger partial charge in [-0.05, 0) is 17.0 Å². The second-order valence-corrected chi connectivity index (χ2v) is 6.26. The molecule has 0 radical (unpaired) electrons. The Balaban J connectivity index is 1.70. The van der Waals surface area contributed by atoms with Crippen LogP contribution >= 0.6 is 0 Å². The van der Waals surface area contributed by atoms with E-state index in [4.69, 9.17) is 0 Å². The van der Waals surface area contributed by atoms with E-state index in [-0.39, 0.29) is 17.9 Å². The van der Waals surface area contributed by atoms with Crippen LogP contribution in [0.5, 0.6) is 0 Å². The van der Waals surface area contributed by atoms with E-state index in [0.717, 1.165) is 11.1 Å². The normalized spacial score (nSPS) is 16.4. The molecule has 1 fully saturated rings. The van der Waals surface area contributed by atoms with E-state index in [1.807, 2.05) is 67.6 Å². The molecule has 1 aliphatic heterocycles. The average molecular weight is 322 g/mol. The van der Waals surface area contributed by atoms with Crippen LogP contribution in [0.2, 0.25) is 0 Å². The van der Waals surface area contributed by atoms with Gasteiger partial charge in [-0.1, -0.05) is 67.6 Å². The van der Waals surface area contributed by atoms with Crippen LogP contribution in [-0.4, -0.2) is 34.8 Å². The Kier molecular flexibility index (Phi) is 4.94. The van der Waals surface area contributed by atoms with Crippen LogP contribution in [0.4, 0.5) is 4.79 Å². The Bertz CT molecular complexity index is 700. The van der Waals surface area contributed by atoms with Gasteiger partial charge in [-0.25, -0.2) is 4.79 Å². The van der Waals surface area contributed by atoms with Crippen LogP contribution in [-0.2, 0) is 11.3 Å². The second-order valence-electron chi connectivity index (χ2n) is 6.26. The van der Waals surface area contributed by atoms with Crippen LogP contribution in [0.1, 0.15) is 30.4 Å². The highest BCUT2D eigenvalue weighted by Gasteiger charge is 2.32. The third kappa shape index (κ3) is 3.65. The first-order valence-corrected chi connectivity index (χ1v) is 8.33. The van der Waals surface area contributed by atoms with Gasteiger partial charge < -0.3 is 4.90 Å². The smallest absolute Gasteiger partial charge is 0.319 e. The number of nitrogens with zero attached hydrogens (tertiary/aromatic N) is 2. The summed E-state index contributed by atoms with van der Waals surface area (Å²) in [6.45, 7) is 3.50. The van der Waals surface area contributed by atoms with Gasteiger partial charge in [-0.15, -0.1) is 0 Å². The number of carbonyl (C=O) groups is 2. The Morgan fingerprint density at radius 2 is 1.58 bits per heavy atom. The molecule has 2 aromatic carbocycles. The van der Waals surface area contributed by atoms with Gasteiger partial charge in [-0.2, -0.15) is 0 Å². The summed E-state index contributed by atoms with van der Waals surface area (Å²) in [4.78, 5) is 28.2. The number of hydrogen-bond acceptors (Lipinski definition) is 2. The van der Waals surface area contributed by atoms with Gasteiger partial charge in [0, 0.05) is 26.1 Å². The van der Waals surface area contributed by atoms with Crippen molar-refractivity contribution in [1.29, 1.82) is 0 Å². The fraction of sp³-hybridized carbons (Fsp3) is 0.300. The first-order valence-electron chi connectivity index (χ1n) is 8.33. The molecular formula is C20H22N2O2. The van der Waals surface area contributed by atoms with Crippen molar-refractivity contribution in [3.63, 3.8) is 0 Å². The number of imide groups is 1. The van der Waals surface area contributed by atoms with Gasteiger partial charge in [0.15, 0.2) is 0 Å². The molecule has 1 heterocycles. The van der Waals surface area contributed by atoms with Crippen molar-refractivity contribution in [2.45, 2.75) is 25.8 Å². The Morgan fingerprint density at radius 3 is 2.25 bits per heavy atom. The molecule has 0 N–H and O–H groups in total. The van der Waals surface area contributed by atoms with Crippen molar-refractivity contribution in [1.82, 2.24) is 9.80 Å². The standard InChI is InChI=1S/C20H22N2O2/c1-16(18-10-6-3-7-11-18)14-22-19(23)12-13-21(20(22)24)15-17-8-4-2-5-9-17/h2-11,16H,12-15H2,1H3/t16-/m1/s1. The summed E-state index contributed by atoms with van der Waals surface area (Å²) in [5.74, 6) is 0.0443. The van der Waals surface area contributed by atoms with Crippen molar-refractivity contribution in [2.75, 3.05) is 13.1 Å². The first-order chi connectivity index (χ1) is 11.6. The minimum atomic E-state index is -0.183. The van der Waals surface area contributed by atoms with E-state index in [1.54, 1.807) is 4.90 Å². The molecule has 0 aromatic heterocycles. The zero-order valence-corrected chi connectivity index (χ0v) is 13.9. The zero-order valence-electron chi connectivity index (χ0n) is 13.9. The number of urea groups is 1. The quantitative estimate of drug-likeness (QED) is 0.843. The Hall–Kier alpha value is -2.62. The summed E-state index contributed by atoms with van der Waals surface area (Å²) in [7, 11) is 0. The van der Waals surface area contributed by atoms with Gasteiger partial charge in [-0.3, -0.25) is 9.69 Å². The summed E-state index contributed by atoms with van der Waals surface area (Å²) in [5, 5.41) is 0. The molecule has 1 aliphatic rings. The topological polar surface area (TPSA) is 40.6 Å². The SMILES string of the molecule is C[C@H](CN1C(=O)CCN(Cc2ccccc2)C1=O)c1ccccc1. The summed E-state index contributed by atoms with van der Waals surface area (Å²) < 4.78 is 0. The van der Waals surface area contributed by atoms with E-state index in [0.29, 0.717) is 26.1 Å². The van der Waals surface area contributed by atoms with Crippen LogP contribution in [0.25, 0.3) is 0 Å². The van der Waals surface area contributed by atoms with Gasteiger partial charge in [0.2, 0.25) is 5.91 Å². The van der Waals surface area contributed by atoms with Gasteiger partial charge >= 0.3 is 6.03 Å². The van der Waals surface area contributed by atoms with Crippen LogP contribution in [0, 0.1) is 0 Å². The lowest BCUT2D eigenvalue weighted by atomic mass is 10.0. The van der Waals surface area contributed by atoms with E-state index in [2.05, 4.69) is 0 Å². The van der Waals surface area contributed by atoms with Crippen molar-refractivity contribution in [2.24, 2.45) is 0 Å². The maximum absolute atomic E-state index is 12.7. The average Bonchev–Trinajstić information content (AvgIpc) is 2.62. The third-order valence-electron chi connectivity index (χ3n) is 4.44. The highest BCUT2D eigenvalue weighted by atomic mass is 16.2. The molecule has 1 atom stereocenters. The van der Waals surface area contributed by atoms with Crippen molar-refractivity contribution in [3.8, 4) is 0 Å². The van der Waals surface area contributed by atoms with Gasteiger partial charge in [0.1, 0.15) is 0 Å². The van der Waals surface area contributed by atoms with Crippen molar-refractivity contribution in [3.05, 3.63) is 71.8 Å². The number of benzene rings is 2. The van der Waals surface area contributed by atoms with E-state index in [1.165, 1.54) is 4.90 Å². The largest absolute Gasteiger partial charge is 0.327 e. The molecule has 1 saturated heterocycles. The molecule has 4 nitrogen and oxygen atoms in total. The molecular weight excluding hydrogens is 300 g/mol. The molecule has 124 valence electrons. The minimum absolute atomic E-state index is 0.0768. The lowest BCUT2D eigenvalue weighted by molar-refractivity contribution is -0.131. The molecule has 0 aliphatic carbocycles. The fourth-order valence-electron chi connectivity index (χ4n) is 3.03. The molecule has 3 rings (SSSR count). The Labute approximate surface area is 142 Å². The summed E-state index contributed by atoms with van der Waals surface area (Å²) in [6, 6.07) is 19.7. The molecule has 0 bridgehead atoms. The maximum atomic E-state index is 12.7. The molecule has 0 spiro atoms. The molecule has 2 aromatic rings. The zero-order chi connectivity index (χ0) is 16.9. The second kappa shape index (κ2) is 7.30. The van der Waals surface area contributed by atoms with Gasteiger partial charge in [0.05, 0.1) is 0 Å². The lowest BCUT2D eigenvalue weighted by Crippen LogP contribution is -2.52. The summed E-state index contributed by atoms with van der Waals surface area (Å²) in [6.07, 6.45) is 0.389. The van der Waals surface area contributed by atoms with Crippen LogP contribution < -0.4 is 0 Å². The molecule has 0 saturated carbocycles. The monoisotopic (exact) mass is 322 g/mol. The van der Waals surface area contributed by atoms with Crippen molar-refractivity contribution >= 4 is 11.9 Å². The fourth-order valence-corrected chi connectivity index (χ4v) is 3.03. The van der Waals surface area contributed by atoms with E-state index >= 15 is 0 Å². The highest BCUT2D eigenvalue weighted by Crippen LogP contribution is 2.21. The van der Waals surface area contributed by atoms with Crippen LogP contribution in [0.3, 0.4) is 0 Å². The summed E-state index contributed by atoms with van der Waals surface area (Å²) >= 11 is 0. The Morgan fingerprint density at radius 1 is 0.958 bits per heavy atom. The lowest BCUT2D eigenvalue weighted by Gasteiger charge is -2.35. The van der Waals surface area contributed by atoms with E-state index < -0.39 is 0 Å². The molecule has 0 unspecified atom stereocenters. The van der Waals surface area contributed by atoms with Crippen molar-refractivity contribution < 1.29 is 9.59 Å².